The fourth-order valence-corrected chi connectivity index (χ4v) is 2.39. The van der Waals surface area contributed by atoms with E-state index >= 15 is 0 Å². The molecule has 22 heavy (non-hydrogen) atoms. The number of carbonyl (C=O) groups excluding carboxylic acids is 1. The lowest BCUT2D eigenvalue weighted by Crippen LogP contribution is -2.09. The van der Waals surface area contributed by atoms with Crippen molar-refractivity contribution in [3.63, 3.8) is 0 Å². The number of benzene rings is 1. The second-order valence-corrected chi connectivity index (χ2v) is 5.85. The van der Waals surface area contributed by atoms with Crippen LogP contribution in [0.15, 0.2) is 58.1 Å². The van der Waals surface area contributed by atoms with Crippen LogP contribution >= 0.6 is 0 Å². The SMILES string of the molecule is CC1=CC(=O)C=C/C1=N\OS(=O)(=O)c1cccc([N+](=O)[O-])c1. The summed E-state index contributed by atoms with van der Waals surface area (Å²) < 4.78 is 28.4. The van der Waals surface area contributed by atoms with Gasteiger partial charge in [0.05, 0.1) is 4.92 Å². The molecule has 0 N–H and O–H groups in total. The molecule has 0 saturated carbocycles. The molecular weight excluding hydrogens is 312 g/mol. The summed E-state index contributed by atoms with van der Waals surface area (Å²) in [6.07, 6.45) is 3.82. The fraction of sp³-hybridized carbons (Fsp3) is 0.0769. The molecule has 1 aliphatic carbocycles. The molecule has 0 atom stereocenters. The predicted molar refractivity (Wildman–Crippen MR) is 76.7 cm³/mol. The van der Waals surface area contributed by atoms with Crippen LogP contribution in [0.4, 0.5) is 5.69 Å². The summed E-state index contributed by atoms with van der Waals surface area (Å²) in [7, 11) is -4.29. The van der Waals surface area contributed by atoms with Crippen LogP contribution < -0.4 is 0 Å². The second kappa shape index (κ2) is 5.90. The maximum absolute atomic E-state index is 12.0. The number of nitrogens with zero attached hydrogens (tertiary/aromatic N) is 2. The lowest BCUT2D eigenvalue weighted by Gasteiger charge is -2.06. The first kappa shape index (κ1) is 15.6. The van der Waals surface area contributed by atoms with Gasteiger partial charge in [0, 0.05) is 12.1 Å². The van der Waals surface area contributed by atoms with E-state index < -0.39 is 15.0 Å². The molecule has 1 aromatic carbocycles. The first-order valence-electron chi connectivity index (χ1n) is 5.96. The zero-order valence-electron chi connectivity index (χ0n) is 11.3. The Morgan fingerprint density at radius 3 is 2.64 bits per heavy atom. The molecule has 8 nitrogen and oxygen atoms in total. The van der Waals surface area contributed by atoms with Crippen LogP contribution in [0.3, 0.4) is 0 Å². The molecule has 1 aliphatic rings. The van der Waals surface area contributed by atoms with E-state index in [0.717, 1.165) is 18.2 Å². The maximum atomic E-state index is 12.0. The van der Waals surface area contributed by atoms with Gasteiger partial charge in [0.25, 0.3) is 5.69 Å². The highest BCUT2D eigenvalue weighted by atomic mass is 32.2. The van der Waals surface area contributed by atoms with Crippen molar-refractivity contribution in [2.24, 2.45) is 5.16 Å². The van der Waals surface area contributed by atoms with Crippen molar-refractivity contribution in [2.75, 3.05) is 0 Å². The predicted octanol–water partition coefficient (Wildman–Crippen LogP) is 1.74. The highest BCUT2D eigenvalue weighted by Gasteiger charge is 2.20. The number of rotatable bonds is 4. The number of hydrogen-bond acceptors (Lipinski definition) is 7. The minimum absolute atomic E-state index is 0.175. The van der Waals surface area contributed by atoms with Crippen molar-refractivity contribution in [2.45, 2.75) is 11.8 Å². The Hall–Kier alpha value is -2.81. The van der Waals surface area contributed by atoms with Gasteiger partial charge in [-0.15, -0.1) is 0 Å². The van der Waals surface area contributed by atoms with Crippen LogP contribution in [0.2, 0.25) is 0 Å². The molecule has 0 unspecified atom stereocenters. The molecule has 0 heterocycles. The third kappa shape index (κ3) is 3.44. The average molecular weight is 322 g/mol. The molecule has 0 spiro atoms. The second-order valence-electron chi connectivity index (χ2n) is 4.32. The summed E-state index contributed by atoms with van der Waals surface area (Å²) in [5, 5.41) is 14.1. The average Bonchev–Trinajstić information content (AvgIpc) is 2.46. The molecule has 0 amide bonds. The van der Waals surface area contributed by atoms with Crippen molar-refractivity contribution >= 4 is 27.3 Å². The number of nitro groups is 1. The van der Waals surface area contributed by atoms with Crippen LogP contribution in [0.5, 0.6) is 0 Å². The van der Waals surface area contributed by atoms with Crippen LogP contribution in [0, 0.1) is 10.1 Å². The van der Waals surface area contributed by atoms with Gasteiger partial charge < -0.3 is 0 Å². The zero-order chi connectivity index (χ0) is 16.3. The van der Waals surface area contributed by atoms with E-state index in [4.69, 9.17) is 0 Å². The van der Waals surface area contributed by atoms with Crippen molar-refractivity contribution in [3.8, 4) is 0 Å². The van der Waals surface area contributed by atoms with E-state index in [1.807, 2.05) is 0 Å². The van der Waals surface area contributed by atoms with E-state index in [-0.39, 0.29) is 22.1 Å². The molecule has 0 fully saturated rings. The smallest absolute Gasteiger partial charge is 0.290 e. The van der Waals surface area contributed by atoms with Crippen molar-refractivity contribution in [3.05, 3.63) is 58.2 Å². The highest BCUT2D eigenvalue weighted by Crippen LogP contribution is 2.19. The zero-order valence-corrected chi connectivity index (χ0v) is 12.1. The Morgan fingerprint density at radius 2 is 2.00 bits per heavy atom. The minimum Gasteiger partial charge on any atom is -0.290 e. The summed E-state index contributed by atoms with van der Waals surface area (Å²) >= 11 is 0. The first-order chi connectivity index (χ1) is 10.3. The van der Waals surface area contributed by atoms with Gasteiger partial charge in [-0.2, -0.15) is 8.42 Å². The number of oxime groups is 1. The molecular formula is C13H10N2O6S. The van der Waals surface area contributed by atoms with E-state index in [1.54, 1.807) is 6.92 Å². The largest absolute Gasteiger partial charge is 0.358 e. The van der Waals surface area contributed by atoms with Gasteiger partial charge in [-0.3, -0.25) is 19.2 Å². The molecule has 0 bridgehead atoms. The summed E-state index contributed by atoms with van der Waals surface area (Å²) in [5.41, 5.74) is 0.243. The molecule has 1 aromatic rings. The summed E-state index contributed by atoms with van der Waals surface area (Å²) in [4.78, 5) is 20.7. The number of allylic oxidation sites excluding steroid dienone is 4. The van der Waals surface area contributed by atoms with Gasteiger partial charge in [-0.25, -0.2) is 0 Å². The Balaban J connectivity index is 2.27. The normalized spacial score (nSPS) is 16.5. The summed E-state index contributed by atoms with van der Waals surface area (Å²) in [6, 6.07) is 4.42. The number of ketones is 1. The van der Waals surface area contributed by atoms with Gasteiger partial charge in [-0.1, -0.05) is 11.2 Å². The highest BCUT2D eigenvalue weighted by molar-refractivity contribution is 7.86. The Morgan fingerprint density at radius 1 is 1.27 bits per heavy atom. The monoisotopic (exact) mass is 322 g/mol. The van der Waals surface area contributed by atoms with E-state index in [2.05, 4.69) is 9.44 Å². The molecule has 2 rings (SSSR count). The molecule has 9 heteroatoms. The Kier molecular flexibility index (Phi) is 4.18. The van der Waals surface area contributed by atoms with Gasteiger partial charge in [0.15, 0.2) is 5.78 Å². The van der Waals surface area contributed by atoms with Gasteiger partial charge in [-0.05, 0) is 36.8 Å². The van der Waals surface area contributed by atoms with E-state index in [1.165, 1.54) is 24.3 Å². The molecule has 114 valence electrons. The molecule has 0 saturated heterocycles. The topological polar surface area (TPSA) is 116 Å². The number of non-ortho nitro benzene ring substituents is 1. The Bertz CT molecular complexity index is 836. The van der Waals surface area contributed by atoms with Gasteiger partial charge in [0.1, 0.15) is 10.6 Å². The van der Waals surface area contributed by atoms with Crippen LogP contribution in [-0.2, 0) is 19.2 Å². The van der Waals surface area contributed by atoms with Crippen LogP contribution in [0.25, 0.3) is 0 Å². The number of nitro benzene ring substituents is 1. The lowest BCUT2D eigenvalue weighted by molar-refractivity contribution is -0.385. The quantitative estimate of drug-likeness (QED) is 0.473. The van der Waals surface area contributed by atoms with Crippen molar-refractivity contribution in [1.82, 2.24) is 0 Å². The van der Waals surface area contributed by atoms with E-state index in [0.29, 0.717) is 5.57 Å². The lowest BCUT2D eigenvalue weighted by atomic mass is 10.1. The first-order valence-corrected chi connectivity index (χ1v) is 7.37. The number of carbonyl (C=O) groups is 1. The number of hydrogen-bond donors (Lipinski definition) is 0. The minimum atomic E-state index is -4.29. The van der Waals surface area contributed by atoms with Crippen molar-refractivity contribution < 1.29 is 22.4 Å². The van der Waals surface area contributed by atoms with Gasteiger partial charge >= 0.3 is 10.1 Å². The molecule has 0 radical (unpaired) electrons. The Labute approximate surface area is 125 Å². The molecule has 0 aliphatic heterocycles. The van der Waals surface area contributed by atoms with Crippen LogP contribution in [0.1, 0.15) is 6.92 Å². The fourth-order valence-electron chi connectivity index (χ4n) is 1.62. The van der Waals surface area contributed by atoms with Crippen molar-refractivity contribution in [1.29, 1.82) is 0 Å². The molecule has 0 aromatic heterocycles. The third-order valence-electron chi connectivity index (χ3n) is 2.72. The summed E-state index contributed by atoms with van der Waals surface area (Å²) in [5.74, 6) is -0.238. The van der Waals surface area contributed by atoms with Crippen LogP contribution in [-0.4, -0.2) is 24.8 Å². The standard InChI is InChI=1S/C13H10N2O6S/c1-9-7-11(16)5-6-13(9)14-21-22(19,20)12-4-2-3-10(8-12)15(17)18/h2-8H,1H3/b14-13+. The third-order valence-corrected chi connectivity index (χ3v) is 3.82. The van der Waals surface area contributed by atoms with E-state index in [9.17, 15) is 23.3 Å². The summed E-state index contributed by atoms with van der Waals surface area (Å²) in [6.45, 7) is 1.57. The maximum Gasteiger partial charge on any atom is 0.358 e. The van der Waals surface area contributed by atoms with Gasteiger partial charge in [0.2, 0.25) is 0 Å².